The highest BCUT2D eigenvalue weighted by Gasteiger charge is 2.26. The van der Waals surface area contributed by atoms with Crippen LogP contribution in [0.5, 0.6) is 0 Å². The highest BCUT2D eigenvalue weighted by Crippen LogP contribution is 2.17. The molecule has 8 nitrogen and oxygen atoms in total. The molecule has 77 heavy (non-hydrogen) atoms. The van der Waals surface area contributed by atoms with Crippen molar-refractivity contribution in [3.8, 4) is 0 Å². The molecule has 0 radical (unpaired) electrons. The summed E-state index contributed by atoms with van der Waals surface area (Å²) < 4.78 is 0. The first kappa shape index (κ1) is 85.2. The third-order valence-corrected chi connectivity index (χ3v) is 15.1. The SMILES string of the molecule is CCCCCCCCCCCCCCC(O)=S.CCCCCCCCCCCCCCC(O)=S.CCCCCCCCCCCCCCC(O)=S.CCCCCCCCCCCCCCC(O)=S.OCC(CO)(CO)CO. The van der Waals surface area contributed by atoms with Gasteiger partial charge < -0.3 is 40.9 Å². The van der Waals surface area contributed by atoms with Crippen LogP contribution in [-0.2, 0) is 0 Å². The van der Waals surface area contributed by atoms with E-state index in [0.717, 1.165) is 25.7 Å². The first-order valence-corrected chi connectivity index (χ1v) is 34.3. The number of hydrogen-bond donors (Lipinski definition) is 8. The van der Waals surface area contributed by atoms with Gasteiger partial charge in [0.2, 0.25) is 0 Å². The zero-order valence-electron chi connectivity index (χ0n) is 51.3. The lowest BCUT2D eigenvalue weighted by Gasteiger charge is -2.23. The lowest BCUT2D eigenvalue weighted by molar-refractivity contribution is -0.0328. The van der Waals surface area contributed by atoms with E-state index in [4.69, 9.17) is 40.9 Å². The summed E-state index contributed by atoms with van der Waals surface area (Å²) in [6, 6.07) is 0. The Labute approximate surface area is 500 Å². The summed E-state index contributed by atoms with van der Waals surface area (Å²) in [5.74, 6) is 0. The molecule has 0 aromatic heterocycles. The number of hydrogen-bond acceptors (Lipinski definition) is 8. The van der Waals surface area contributed by atoms with Crippen molar-refractivity contribution in [3.05, 3.63) is 0 Å². The molecule has 0 fully saturated rings. The van der Waals surface area contributed by atoms with Crippen LogP contribution >= 0.6 is 48.9 Å². The van der Waals surface area contributed by atoms with Gasteiger partial charge in [0.1, 0.15) is 0 Å². The Morgan fingerprint density at radius 2 is 0.312 bits per heavy atom. The molecule has 0 unspecified atom stereocenters. The zero-order chi connectivity index (χ0) is 58.4. The van der Waals surface area contributed by atoms with E-state index in [1.54, 1.807) is 0 Å². The molecule has 0 bridgehead atoms. The molecule has 0 saturated carbocycles. The van der Waals surface area contributed by atoms with Crippen LogP contribution in [0.2, 0.25) is 0 Å². The Morgan fingerprint density at radius 1 is 0.208 bits per heavy atom. The van der Waals surface area contributed by atoms with Gasteiger partial charge in [0, 0.05) is 25.7 Å². The Hall–Kier alpha value is -0.600. The van der Waals surface area contributed by atoms with Crippen LogP contribution in [0.3, 0.4) is 0 Å². The Bertz CT molecular complexity index is 973. The average molecular weight is 1170 g/mol. The number of thiocarbonyl (C=S) groups is 4. The predicted molar refractivity (Wildman–Crippen MR) is 354 cm³/mol. The summed E-state index contributed by atoms with van der Waals surface area (Å²) >= 11 is 18.5. The quantitative estimate of drug-likeness (QED) is 0.0215. The summed E-state index contributed by atoms with van der Waals surface area (Å²) in [5, 5.41) is 70.1. The Kier molecular flexibility index (Phi) is 85.7. The monoisotopic (exact) mass is 1170 g/mol. The zero-order valence-corrected chi connectivity index (χ0v) is 54.6. The van der Waals surface area contributed by atoms with Crippen LogP contribution in [-0.4, -0.2) is 87.5 Å². The molecule has 0 atom stereocenters. The summed E-state index contributed by atoms with van der Waals surface area (Å²) in [7, 11) is 0. The minimum atomic E-state index is -1.11. The van der Waals surface area contributed by atoms with Crippen LogP contribution in [0.25, 0.3) is 0 Å². The maximum atomic E-state index is 8.85. The maximum absolute atomic E-state index is 8.85. The normalized spacial score (nSPS) is 10.8. The van der Waals surface area contributed by atoms with Crippen molar-refractivity contribution in [2.75, 3.05) is 26.4 Å². The van der Waals surface area contributed by atoms with E-state index in [1.165, 1.54) is 283 Å². The van der Waals surface area contributed by atoms with Gasteiger partial charge in [-0.05, 0) is 74.6 Å². The van der Waals surface area contributed by atoms with E-state index in [9.17, 15) is 0 Å². The second-order valence-corrected chi connectivity index (χ2v) is 24.1. The topological polar surface area (TPSA) is 162 Å². The Balaban J connectivity index is -0.000000284. The highest BCUT2D eigenvalue weighted by molar-refractivity contribution is 7.80. The molecule has 0 aromatic carbocycles. The third kappa shape index (κ3) is 89.4. The van der Waals surface area contributed by atoms with Gasteiger partial charge in [-0.1, -0.05) is 310 Å². The average Bonchev–Trinajstić information content (AvgIpc) is 3.41. The molecule has 0 aromatic rings. The third-order valence-electron chi connectivity index (χ3n) is 14.3. The van der Waals surface area contributed by atoms with Gasteiger partial charge in [0.15, 0.2) is 20.2 Å². The molecule has 0 aliphatic heterocycles. The van der Waals surface area contributed by atoms with Crippen molar-refractivity contribution in [3.63, 3.8) is 0 Å². The van der Waals surface area contributed by atoms with Crippen LogP contribution < -0.4 is 0 Å². The summed E-state index contributed by atoms with van der Waals surface area (Å²) in [6.07, 6.45) is 67.7. The lowest BCUT2D eigenvalue weighted by Crippen LogP contribution is -2.37. The van der Waals surface area contributed by atoms with Crippen LogP contribution in [0.4, 0.5) is 0 Å². The second kappa shape index (κ2) is 77.5. The molecule has 12 heteroatoms. The van der Waals surface area contributed by atoms with Crippen LogP contribution in [0.15, 0.2) is 0 Å². The van der Waals surface area contributed by atoms with Crippen molar-refractivity contribution in [1.82, 2.24) is 0 Å². The molecule has 0 heterocycles. The minimum absolute atomic E-state index is 0.178. The molecule has 0 amide bonds. The number of unbranched alkanes of at least 4 members (excludes halogenated alkanes) is 44. The van der Waals surface area contributed by atoms with E-state index < -0.39 is 31.8 Å². The van der Waals surface area contributed by atoms with Gasteiger partial charge >= 0.3 is 0 Å². The van der Waals surface area contributed by atoms with E-state index in [-0.39, 0.29) is 20.2 Å². The van der Waals surface area contributed by atoms with Gasteiger partial charge in [-0.3, -0.25) is 0 Å². The van der Waals surface area contributed by atoms with Gasteiger partial charge in [-0.15, -0.1) is 0 Å². The van der Waals surface area contributed by atoms with Crippen LogP contribution in [0, 0.1) is 5.41 Å². The second-order valence-electron chi connectivity index (χ2n) is 22.3. The van der Waals surface area contributed by atoms with Crippen molar-refractivity contribution in [1.29, 1.82) is 0 Å². The molecule has 0 aliphatic rings. The minimum Gasteiger partial charge on any atom is -0.502 e. The fraction of sp³-hybridized carbons (Fsp3) is 0.938. The number of aliphatic hydroxyl groups is 8. The molecular formula is C65H132O8S4. The molecule has 0 spiro atoms. The Morgan fingerprint density at radius 3 is 0.390 bits per heavy atom. The molecule has 8 N–H and O–H groups in total. The molecule has 0 saturated heterocycles. The maximum Gasteiger partial charge on any atom is 0.156 e. The van der Waals surface area contributed by atoms with Crippen molar-refractivity contribution < 1.29 is 40.9 Å². The van der Waals surface area contributed by atoms with Gasteiger partial charge in [-0.2, -0.15) is 0 Å². The smallest absolute Gasteiger partial charge is 0.156 e. The standard InChI is InChI=1S/4C15H30OS.C5H12O4/c4*1-2-3-4-5-6-7-8-9-10-11-12-13-14-15(16)17;6-1-5(2-7,3-8)4-9/h4*2-14H2,1H3,(H,16,17);6-9H,1-4H2. The van der Waals surface area contributed by atoms with Crippen LogP contribution in [0.1, 0.15) is 362 Å². The van der Waals surface area contributed by atoms with Gasteiger partial charge in [0.25, 0.3) is 0 Å². The van der Waals surface area contributed by atoms with E-state index >= 15 is 0 Å². The van der Waals surface area contributed by atoms with E-state index in [1.807, 2.05) is 0 Å². The number of aliphatic hydroxyl groups excluding tert-OH is 8. The van der Waals surface area contributed by atoms with Crippen molar-refractivity contribution in [2.24, 2.45) is 5.41 Å². The summed E-state index contributed by atoms with van der Waals surface area (Å²) in [5.41, 5.74) is -1.11. The van der Waals surface area contributed by atoms with Gasteiger partial charge in [-0.25, -0.2) is 0 Å². The molecular weight excluding hydrogens is 1040 g/mol. The largest absolute Gasteiger partial charge is 0.502 e. The summed E-state index contributed by atoms with van der Waals surface area (Å²) in [6.45, 7) is 7.44. The fourth-order valence-electron chi connectivity index (χ4n) is 8.77. The lowest BCUT2D eigenvalue weighted by atomic mass is 9.93. The van der Waals surface area contributed by atoms with E-state index in [0.29, 0.717) is 25.7 Å². The fourth-order valence-corrected chi connectivity index (χ4v) is 9.35. The molecule has 0 rings (SSSR count). The first-order valence-electron chi connectivity index (χ1n) is 32.6. The van der Waals surface area contributed by atoms with E-state index in [2.05, 4.69) is 76.6 Å². The molecule has 0 aliphatic carbocycles. The molecule has 464 valence electrons. The first-order chi connectivity index (χ1) is 37.3. The number of rotatable bonds is 56. The highest BCUT2D eigenvalue weighted by atomic mass is 32.1. The van der Waals surface area contributed by atoms with Crippen molar-refractivity contribution in [2.45, 2.75) is 362 Å². The summed E-state index contributed by atoms with van der Waals surface area (Å²) in [4.78, 5) is 0. The van der Waals surface area contributed by atoms with Gasteiger partial charge in [0.05, 0.1) is 31.8 Å². The van der Waals surface area contributed by atoms with Crippen molar-refractivity contribution >= 4 is 69.1 Å². The predicted octanol–water partition coefficient (Wildman–Crippen LogP) is 21.8.